The standard InChI is InChI=1S/C22H28N4O2S/c1-13-7-9-17(10-8-13)18(25(5)6)11-23-19(27)12-26-16(4)24-21-20(22(26)28)14(2)15(3)29-21/h7-10,18H,11-12H2,1-6H3,(H,23,27)/t18-/m1/s1. The Labute approximate surface area is 175 Å². The van der Waals surface area contributed by atoms with E-state index in [4.69, 9.17) is 0 Å². The van der Waals surface area contributed by atoms with E-state index < -0.39 is 0 Å². The second-order valence-corrected chi connectivity index (χ2v) is 8.91. The van der Waals surface area contributed by atoms with Crippen molar-refractivity contribution in [2.75, 3.05) is 20.6 Å². The van der Waals surface area contributed by atoms with Crippen molar-refractivity contribution < 1.29 is 4.79 Å². The smallest absolute Gasteiger partial charge is 0.263 e. The fourth-order valence-electron chi connectivity index (χ4n) is 3.41. The Kier molecular flexibility index (Phi) is 6.19. The van der Waals surface area contributed by atoms with Crippen LogP contribution in [0, 0.1) is 27.7 Å². The molecule has 1 aromatic carbocycles. The zero-order valence-corrected chi connectivity index (χ0v) is 18.7. The van der Waals surface area contributed by atoms with E-state index in [9.17, 15) is 9.59 Å². The van der Waals surface area contributed by atoms with Crippen molar-refractivity contribution in [3.8, 4) is 0 Å². The van der Waals surface area contributed by atoms with Crippen LogP contribution in [0.15, 0.2) is 29.1 Å². The lowest BCUT2D eigenvalue weighted by Crippen LogP contribution is -2.38. The number of benzene rings is 1. The summed E-state index contributed by atoms with van der Waals surface area (Å²) in [6, 6.07) is 8.37. The zero-order valence-electron chi connectivity index (χ0n) is 17.9. The Bertz CT molecular complexity index is 1100. The van der Waals surface area contributed by atoms with Gasteiger partial charge >= 0.3 is 0 Å². The zero-order chi connectivity index (χ0) is 21.3. The first-order valence-corrected chi connectivity index (χ1v) is 10.5. The minimum Gasteiger partial charge on any atom is -0.353 e. The Morgan fingerprint density at radius 1 is 1.17 bits per heavy atom. The van der Waals surface area contributed by atoms with Crippen molar-refractivity contribution in [3.05, 3.63) is 62.0 Å². The normalized spacial score (nSPS) is 12.5. The molecule has 0 aliphatic rings. The summed E-state index contributed by atoms with van der Waals surface area (Å²) in [7, 11) is 3.98. The number of fused-ring (bicyclic) bond motifs is 1. The summed E-state index contributed by atoms with van der Waals surface area (Å²) in [5.41, 5.74) is 3.14. The van der Waals surface area contributed by atoms with Gasteiger partial charge < -0.3 is 10.2 Å². The van der Waals surface area contributed by atoms with E-state index in [0.717, 1.165) is 20.8 Å². The molecule has 154 valence electrons. The topological polar surface area (TPSA) is 67.2 Å². The Balaban J connectivity index is 1.77. The first-order chi connectivity index (χ1) is 13.7. The van der Waals surface area contributed by atoms with E-state index >= 15 is 0 Å². The molecule has 0 fully saturated rings. The van der Waals surface area contributed by atoms with Gasteiger partial charge in [-0.2, -0.15) is 0 Å². The summed E-state index contributed by atoms with van der Waals surface area (Å²) < 4.78 is 1.47. The first-order valence-electron chi connectivity index (χ1n) is 9.66. The fourth-order valence-corrected chi connectivity index (χ4v) is 4.48. The predicted octanol–water partition coefficient (Wildman–Crippen LogP) is 3.11. The Morgan fingerprint density at radius 3 is 2.45 bits per heavy atom. The summed E-state index contributed by atoms with van der Waals surface area (Å²) in [6.07, 6.45) is 0. The highest BCUT2D eigenvalue weighted by molar-refractivity contribution is 7.18. The molecule has 0 saturated carbocycles. The average molecular weight is 413 g/mol. The Morgan fingerprint density at radius 2 is 1.83 bits per heavy atom. The molecule has 1 amide bonds. The monoisotopic (exact) mass is 412 g/mol. The lowest BCUT2D eigenvalue weighted by Gasteiger charge is -2.25. The maximum absolute atomic E-state index is 13.0. The molecular weight excluding hydrogens is 384 g/mol. The maximum Gasteiger partial charge on any atom is 0.263 e. The number of carbonyl (C=O) groups is 1. The molecule has 0 unspecified atom stereocenters. The molecular formula is C22H28N4O2S. The first kappa shape index (κ1) is 21.2. The highest BCUT2D eigenvalue weighted by atomic mass is 32.1. The van der Waals surface area contributed by atoms with E-state index in [1.807, 2.05) is 27.9 Å². The molecule has 0 radical (unpaired) electrons. The van der Waals surface area contributed by atoms with E-state index in [-0.39, 0.29) is 24.1 Å². The van der Waals surface area contributed by atoms with Gasteiger partial charge in [-0.3, -0.25) is 14.2 Å². The van der Waals surface area contributed by atoms with Gasteiger partial charge in [0.25, 0.3) is 5.56 Å². The van der Waals surface area contributed by atoms with Crippen molar-refractivity contribution in [1.29, 1.82) is 0 Å². The van der Waals surface area contributed by atoms with E-state index in [0.29, 0.717) is 17.8 Å². The molecule has 3 rings (SSSR count). The minimum absolute atomic E-state index is 0.0318. The summed E-state index contributed by atoms with van der Waals surface area (Å²) in [5.74, 6) is 0.363. The van der Waals surface area contributed by atoms with Gasteiger partial charge in [0.1, 0.15) is 17.2 Å². The van der Waals surface area contributed by atoms with E-state index in [2.05, 4.69) is 46.4 Å². The lowest BCUT2D eigenvalue weighted by molar-refractivity contribution is -0.122. The number of rotatable bonds is 6. The van der Waals surface area contributed by atoms with Crippen LogP contribution in [0.1, 0.15) is 33.4 Å². The molecule has 3 aromatic rings. The number of aromatic nitrogens is 2. The number of hydrogen-bond acceptors (Lipinski definition) is 5. The highest BCUT2D eigenvalue weighted by Crippen LogP contribution is 2.26. The van der Waals surface area contributed by atoms with Gasteiger partial charge in [0.05, 0.1) is 11.4 Å². The maximum atomic E-state index is 13.0. The molecule has 1 N–H and O–H groups in total. The fraction of sp³-hybridized carbons (Fsp3) is 0.409. The van der Waals surface area contributed by atoms with Crippen molar-refractivity contribution in [2.24, 2.45) is 0 Å². The van der Waals surface area contributed by atoms with Gasteiger partial charge in [-0.1, -0.05) is 29.8 Å². The highest BCUT2D eigenvalue weighted by Gasteiger charge is 2.18. The molecule has 0 aliphatic carbocycles. The molecule has 2 aromatic heterocycles. The minimum atomic E-state index is -0.195. The molecule has 0 bridgehead atoms. The molecule has 0 aliphatic heterocycles. The van der Waals surface area contributed by atoms with Crippen LogP contribution in [-0.2, 0) is 11.3 Å². The summed E-state index contributed by atoms with van der Waals surface area (Å²) in [6.45, 7) is 8.18. The molecule has 7 heteroatoms. The van der Waals surface area contributed by atoms with Crippen LogP contribution >= 0.6 is 11.3 Å². The lowest BCUT2D eigenvalue weighted by atomic mass is 10.0. The van der Waals surface area contributed by atoms with Crippen LogP contribution in [-0.4, -0.2) is 41.0 Å². The Hall–Kier alpha value is -2.51. The third-order valence-corrected chi connectivity index (χ3v) is 6.46. The largest absolute Gasteiger partial charge is 0.353 e. The molecule has 29 heavy (non-hydrogen) atoms. The van der Waals surface area contributed by atoms with Gasteiger partial charge in [-0.15, -0.1) is 11.3 Å². The van der Waals surface area contributed by atoms with Crippen LogP contribution in [0.5, 0.6) is 0 Å². The van der Waals surface area contributed by atoms with E-state index in [1.54, 1.807) is 6.92 Å². The second-order valence-electron chi connectivity index (χ2n) is 7.71. The number of likely N-dealkylation sites (N-methyl/N-ethyl adjacent to an activating group) is 1. The van der Waals surface area contributed by atoms with Crippen LogP contribution in [0.4, 0.5) is 0 Å². The van der Waals surface area contributed by atoms with Crippen LogP contribution in [0.25, 0.3) is 10.2 Å². The van der Waals surface area contributed by atoms with Gasteiger partial charge in [-0.25, -0.2) is 4.98 Å². The predicted molar refractivity (Wildman–Crippen MR) is 119 cm³/mol. The van der Waals surface area contributed by atoms with Gasteiger partial charge in [-0.05, 0) is 52.9 Å². The van der Waals surface area contributed by atoms with Crippen LogP contribution < -0.4 is 10.9 Å². The summed E-state index contributed by atoms with van der Waals surface area (Å²) in [5, 5.41) is 3.60. The molecule has 2 heterocycles. The SMILES string of the molecule is Cc1ccc([C@@H](CNC(=O)Cn2c(C)nc3sc(C)c(C)c3c2=O)N(C)C)cc1. The molecule has 0 saturated heterocycles. The number of aryl methyl sites for hydroxylation is 4. The number of hydrogen-bond donors (Lipinski definition) is 1. The van der Waals surface area contributed by atoms with Gasteiger partial charge in [0.15, 0.2) is 0 Å². The molecule has 1 atom stereocenters. The summed E-state index contributed by atoms with van der Waals surface area (Å²) >= 11 is 1.52. The second kappa shape index (κ2) is 8.47. The molecule has 6 nitrogen and oxygen atoms in total. The number of carbonyl (C=O) groups excluding carboxylic acids is 1. The van der Waals surface area contributed by atoms with Gasteiger partial charge in [0.2, 0.25) is 5.91 Å². The third kappa shape index (κ3) is 4.41. The van der Waals surface area contributed by atoms with Crippen molar-refractivity contribution >= 4 is 27.5 Å². The van der Waals surface area contributed by atoms with Crippen molar-refractivity contribution in [1.82, 2.24) is 19.8 Å². The van der Waals surface area contributed by atoms with Crippen LogP contribution in [0.2, 0.25) is 0 Å². The average Bonchev–Trinajstić information content (AvgIpc) is 2.93. The number of nitrogens with zero attached hydrogens (tertiary/aromatic N) is 3. The molecule has 0 spiro atoms. The third-order valence-electron chi connectivity index (χ3n) is 5.36. The van der Waals surface area contributed by atoms with Crippen molar-refractivity contribution in [2.45, 2.75) is 40.3 Å². The van der Waals surface area contributed by atoms with E-state index in [1.165, 1.54) is 21.5 Å². The summed E-state index contributed by atoms with van der Waals surface area (Å²) in [4.78, 5) is 34.0. The number of nitrogens with one attached hydrogen (secondary N) is 1. The number of thiophene rings is 1. The quantitative estimate of drug-likeness (QED) is 0.676. The number of amides is 1. The van der Waals surface area contributed by atoms with Crippen molar-refractivity contribution in [3.63, 3.8) is 0 Å². The van der Waals surface area contributed by atoms with Crippen LogP contribution in [0.3, 0.4) is 0 Å². The van der Waals surface area contributed by atoms with Gasteiger partial charge in [0, 0.05) is 11.4 Å².